The van der Waals surface area contributed by atoms with Gasteiger partial charge in [-0.1, -0.05) is 40.0 Å². The molecule has 2 heteroatoms. The number of nitrogens with one attached hydrogen (secondary N) is 1. The first kappa shape index (κ1) is 14.3. The van der Waals surface area contributed by atoms with Crippen LogP contribution in [-0.4, -0.2) is 36.6 Å². The fourth-order valence-corrected chi connectivity index (χ4v) is 3.46. The van der Waals surface area contributed by atoms with Gasteiger partial charge in [0.2, 0.25) is 0 Å². The fourth-order valence-electron chi connectivity index (χ4n) is 3.46. The number of nitrogens with zero attached hydrogens (tertiary/aromatic N) is 1. The van der Waals surface area contributed by atoms with E-state index < -0.39 is 0 Å². The monoisotopic (exact) mass is 252 g/mol. The summed E-state index contributed by atoms with van der Waals surface area (Å²) in [6.07, 6.45) is 7.34. The third-order valence-electron chi connectivity index (χ3n) is 4.96. The lowest BCUT2D eigenvalue weighted by Crippen LogP contribution is -2.60. The van der Waals surface area contributed by atoms with Gasteiger partial charge < -0.3 is 5.32 Å². The summed E-state index contributed by atoms with van der Waals surface area (Å²) in [6, 6.07) is 1.36. The topological polar surface area (TPSA) is 15.3 Å². The minimum atomic E-state index is 0.380. The Bertz CT molecular complexity index is 250. The maximum absolute atomic E-state index is 3.73. The smallest absolute Gasteiger partial charge is 0.0244 e. The zero-order valence-electron chi connectivity index (χ0n) is 12.8. The van der Waals surface area contributed by atoms with Gasteiger partial charge in [0.1, 0.15) is 0 Å². The summed E-state index contributed by atoms with van der Waals surface area (Å²) < 4.78 is 0. The van der Waals surface area contributed by atoms with E-state index in [1.807, 2.05) is 0 Å². The maximum atomic E-state index is 3.73. The van der Waals surface area contributed by atoms with Gasteiger partial charge in [0, 0.05) is 31.7 Å². The Labute approximate surface area is 114 Å². The van der Waals surface area contributed by atoms with Crippen LogP contribution in [0.15, 0.2) is 0 Å². The molecule has 0 aromatic carbocycles. The molecule has 2 nitrogen and oxygen atoms in total. The van der Waals surface area contributed by atoms with Crippen molar-refractivity contribution in [1.29, 1.82) is 0 Å². The average molecular weight is 252 g/mol. The number of rotatable bonds is 2. The van der Waals surface area contributed by atoms with E-state index in [1.165, 1.54) is 45.2 Å². The van der Waals surface area contributed by atoms with Gasteiger partial charge in [-0.05, 0) is 31.1 Å². The van der Waals surface area contributed by atoms with Crippen molar-refractivity contribution in [3.8, 4) is 0 Å². The Hall–Kier alpha value is -0.0800. The van der Waals surface area contributed by atoms with Crippen LogP contribution < -0.4 is 5.32 Å². The van der Waals surface area contributed by atoms with Crippen molar-refractivity contribution in [1.82, 2.24) is 10.2 Å². The molecule has 2 atom stereocenters. The SMILES string of the molecule is CC1CNC(C(C)(C)C)CN1CC1CCCCC1. The molecule has 106 valence electrons. The molecule has 1 saturated heterocycles. The summed E-state index contributed by atoms with van der Waals surface area (Å²) >= 11 is 0. The molecular formula is C16H32N2. The summed E-state index contributed by atoms with van der Waals surface area (Å²) in [6.45, 7) is 13.2. The first-order chi connectivity index (χ1) is 8.47. The summed E-state index contributed by atoms with van der Waals surface area (Å²) in [5, 5.41) is 3.73. The van der Waals surface area contributed by atoms with Crippen LogP contribution >= 0.6 is 0 Å². The van der Waals surface area contributed by atoms with Crippen LogP contribution in [0.5, 0.6) is 0 Å². The Kier molecular flexibility index (Phi) is 4.71. The molecule has 0 radical (unpaired) electrons. The molecule has 0 amide bonds. The number of hydrogen-bond donors (Lipinski definition) is 1. The van der Waals surface area contributed by atoms with E-state index in [0.29, 0.717) is 17.5 Å². The highest BCUT2D eigenvalue weighted by Gasteiger charge is 2.33. The minimum absolute atomic E-state index is 0.380. The molecule has 1 aliphatic carbocycles. The molecule has 0 aromatic rings. The highest BCUT2D eigenvalue weighted by Crippen LogP contribution is 2.28. The zero-order valence-corrected chi connectivity index (χ0v) is 12.8. The molecule has 18 heavy (non-hydrogen) atoms. The molecule has 0 bridgehead atoms. The first-order valence-electron chi connectivity index (χ1n) is 7.94. The van der Waals surface area contributed by atoms with Crippen LogP contribution in [-0.2, 0) is 0 Å². The lowest BCUT2D eigenvalue weighted by molar-refractivity contribution is 0.0732. The molecule has 1 heterocycles. The van der Waals surface area contributed by atoms with Gasteiger partial charge in [0.15, 0.2) is 0 Å². The molecule has 0 aromatic heterocycles. The molecule has 1 saturated carbocycles. The summed E-state index contributed by atoms with van der Waals surface area (Å²) in [7, 11) is 0. The van der Waals surface area contributed by atoms with Gasteiger partial charge >= 0.3 is 0 Å². The van der Waals surface area contributed by atoms with Crippen molar-refractivity contribution in [3.63, 3.8) is 0 Å². The van der Waals surface area contributed by atoms with Crippen molar-refractivity contribution in [2.45, 2.75) is 71.9 Å². The van der Waals surface area contributed by atoms with E-state index in [1.54, 1.807) is 0 Å². The van der Waals surface area contributed by atoms with Crippen molar-refractivity contribution in [2.75, 3.05) is 19.6 Å². The van der Waals surface area contributed by atoms with E-state index in [9.17, 15) is 0 Å². The Balaban J connectivity index is 1.88. The normalized spacial score (nSPS) is 32.7. The van der Waals surface area contributed by atoms with E-state index in [4.69, 9.17) is 0 Å². The van der Waals surface area contributed by atoms with E-state index in [0.717, 1.165) is 12.5 Å². The zero-order chi connectivity index (χ0) is 13.2. The predicted molar refractivity (Wildman–Crippen MR) is 78.9 cm³/mol. The lowest BCUT2D eigenvalue weighted by atomic mass is 9.83. The van der Waals surface area contributed by atoms with Crippen LogP contribution in [0.4, 0.5) is 0 Å². The van der Waals surface area contributed by atoms with Gasteiger partial charge in [-0.15, -0.1) is 0 Å². The molecule has 2 aliphatic rings. The van der Waals surface area contributed by atoms with Crippen LogP contribution in [0.1, 0.15) is 59.8 Å². The van der Waals surface area contributed by atoms with Crippen molar-refractivity contribution < 1.29 is 0 Å². The van der Waals surface area contributed by atoms with Gasteiger partial charge in [-0.2, -0.15) is 0 Å². The second-order valence-electron chi connectivity index (χ2n) is 7.63. The van der Waals surface area contributed by atoms with Crippen LogP contribution in [0.2, 0.25) is 0 Å². The molecular weight excluding hydrogens is 220 g/mol. The quantitative estimate of drug-likeness (QED) is 0.811. The average Bonchev–Trinajstić information content (AvgIpc) is 2.32. The largest absolute Gasteiger partial charge is 0.311 e. The second kappa shape index (κ2) is 5.92. The van der Waals surface area contributed by atoms with E-state index >= 15 is 0 Å². The van der Waals surface area contributed by atoms with E-state index in [-0.39, 0.29) is 0 Å². The third-order valence-corrected chi connectivity index (χ3v) is 4.96. The molecule has 1 N–H and O–H groups in total. The van der Waals surface area contributed by atoms with Gasteiger partial charge in [0.25, 0.3) is 0 Å². The standard InChI is InChI=1S/C16H32N2/c1-13-10-17-15(16(2,3)4)12-18(13)11-14-8-6-5-7-9-14/h13-15,17H,5-12H2,1-4H3. The van der Waals surface area contributed by atoms with Crippen LogP contribution in [0, 0.1) is 11.3 Å². The van der Waals surface area contributed by atoms with Crippen molar-refractivity contribution in [3.05, 3.63) is 0 Å². The number of hydrogen-bond acceptors (Lipinski definition) is 2. The number of piperazine rings is 1. The summed E-state index contributed by atoms with van der Waals surface area (Å²) in [5.41, 5.74) is 0.380. The molecule has 1 aliphatic heterocycles. The van der Waals surface area contributed by atoms with Gasteiger partial charge in [-0.3, -0.25) is 4.90 Å². The summed E-state index contributed by atoms with van der Waals surface area (Å²) in [4.78, 5) is 2.75. The third kappa shape index (κ3) is 3.71. The van der Waals surface area contributed by atoms with Crippen molar-refractivity contribution in [2.24, 2.45) is 11.3 Å². The van der Waals surface area contributed by atoms with Gasteiger partial charge in [-0.25, -0.2) is 0 Å². The molecule has 2 fully saturated rings. The molecule has 0 spiro atoms. The maximum Gasteiger partial charge on any atom is 0.0244 e. The Morgan fingerprint density at radius 2 is 1.78 bits per heavy atom. The van der Waals surface area contributed by atoms with Crippen molar-refractivity contribution >= 4 is 0 Å². The highest BCUT2D eigenvalue weighted by molar-refractivity contribution is 4.91. The predicted octanol–water partition coefficient (Wildman–Crippen LogP) is 3.28. The lowest BCUT2D eigenvalue weighted by Gasteiger charge is -2.45. The highest BCUT2D eigenvalue weighted by atomic mass is 15.2. The Morgan fingerprint density at radius 3 is 2.39 bits per heavy atom. The second-order valence-corrected chi connectivity index (χ2v) is 7.63. The first-order valence-corrected chi connectivity index (χ1v) is 7.94. The fraction of sp³-hybridized carbons (Fsp3) is 1.00. The Morgan fingerprint density at radius 1 is 1.11 bits per heavy atom. The van der Waals surface area contributed by atoms with E-state index in [2.05, 4.69) is 37.9 Å². The van der Waals surface area contributed by atoms with Crippen LogP contribution in [0.3, 0.4) is 0 Å². The summed E-state index contributed by atoms with van der Waals surface area (Å²) in [5.74, 6) is 0.972. The van der Waals surface area contributed by atoms with Gasteiger partial charge in [0.05, 0.1) is 0 Å². The van der Waals surface area contributed by atoms with Crippen LogP contribution in [0.25, 0.3) is 0 Å². The molecule has 2 rings (SSSR count). The molecule has 2 unspecified atom stereocenters. The minimum Gasteiger partial charge on any atom is -0.311 e.